The first-order chi connectivity index (χ1) is 3.86. The minimum absolute atomic E-state index is 0. The summed E-state index contributed by atoms with van der Waals surface area (Å²) < 4.78 is 0. The Morgan fingerprint density at radius 3 is 1.40 bits per heavy atom. The van der Waals surface area contributed by atoms with Crippen LogP contribution in [0.3, 0.4) is 0 Å². The number of halogens is 1. The van der Waals surface area contributed by atoms with Crippen LogP contribution in [0, 0.1) is 10.8 Å². The summed E-state index contributed by atoms with van der Waals surface area (Å²) in [5.74, 6) is 0. The van der Waals surface area contributed by atoms with Gasteiger partial charge in [-0.05, 0) is 17.3 Å². The smallest absolute Gasteiger partial charge is 0.0142 e. The van der Waals surface area contributed by atoms with Gasteiger partial charge in [0.25, 0.3) is 0 Å². The van der Waals surface area contributed by atoms with Crippen LogP contribution in [0.5, 0.6) is 0 Å². The largest absolute Gasteiger partial charge is 0.327 e. The van der Waals surface area contributed by atoms with Crippen LogP contribution in [-0.2, 0) is 0 Å². The second kappa shape index (κ2) is 2.38. The summed E-state index contributed by atoms with van der Waals surface area (Å²) in [4.78, 5) is 0. The Morgan fingerprint density at radius 1 is 1.10 bits per heavy atom. The van der Waals surface area contributed by atoms with Crippen molar-refractivity contribution in [1.29, 1.82) is 0 Å². The van der Waals surface area contributed by atoms with Crippen molar-refractivity contribution in [3.63, 3.8) is 0 Å². The summed E-state index contributed by atoms with van der Waals surface area (Å²) in [5.41, 5.74) is 6.72. The zero-order valence-corrected chi connectivity index (χ0v) is 8.09. The van der Waals surface area contributed by atoms with Crippen LogP contribution in [0.2, 0.25) is 0 Å². The van der Waals surface area contributed by atoms with Gasteiger partial charge in [0.1, 0.15) is 0 Å². The number of hydrogen-bond donors (Lipinski definition) is 1. The summed E-state index contributed by atoms with van der Waals surface area (Å²) in [6.07, 6.45) is 1.27. The molecule has 1 nitrogen and oxygen atoms in total. The summed E-state index contributed by atoms with van der Waals surface area (Å²) in [6.45, 7) is 8.96. The van der Waals surface area contributed by atoms with Crippen LogP contribution >= 0.6 is 12.4 Å². The minimum atomic E-state index is 0. The average Bonchev–Trinajstić information content (AvgIpc) is 1.63. The molecule has 1 saturated carbocycles. The molecule has 0 amide bonds. The zero-order chi connectivity index (χ0) is 7.28. The summed E-state index contributed by atoms with van der Waals surface area (Å²) in [5, 5.41) is 0. The Kier molecular flexibility index (Phi) is 2.44. The molecule has 2 N–H and O–H groups in total. The Labute approximate surface area is 69.8 Å². The molecule has 0 bridgehead atoms. The molecule has 2 heteroatoms. The van der Waals surface area contributed by atoms with E-state index in [1.807, 2.05) is 0 Å². The fourth-order valence-electron chi connectivity index (χ4n) is 2.32. The van der Waals surface area contributed by atoms with Crippen LogP contribution in [0.25, 0.3) is 0 Å². The highest BCUT2D eigenvalue weighted by Gasteiger charge is 2.50. The van der Waals surface area contributed by atoms with Gasteiger partial charge in [-0.1, -0.05) is 27.7 Å². The molecule has 0 unspecified atom stereocenters. The molecule has 0 aromatic carbocycles. The monoisotopic (exact) mass is 163 g/mol. The predicted octanol–water partition coefficient (Wildman–Crippen LogP) is 2.19. The van der Waals surface area contributed by atoms with Gasteiger partial charge in [-0.15, -0.1) is 12.4 Å². The van der Waals surface area contributed by atoms with Crippen LogP contribution in [0.15, 0.2) is 0 Å². The van der Waals surface area contributed by atoms with Crippen molar-refractivity contribution < 1.29 is 0 Å². The Hall–Kier alpha value is 0.250. The van der Waals surface area contributed by atoms with Gasteiger partial charge in [-0.3, -0.25) is 0 Å². The quantitative estimate of drug-likeness (QED) is 0.582. The van der Waals surface area contributed by atoms with Crippen molar-refractivity contribution in [3.8, 4) is 0 Å². The lowest BCUT2D eigenvalue weighted by Crippen LogP contribution is -2.60. The second-order valence-corrected chi connectivity index (χ2v) is 4.63. The number of rotatable bonds is 0. The molecule has 1 fully saturated rings. The molecule has 0 aliphatic heterocycles. The summed E-state index contributed by atoms with van der Waals surface area (Å²) in [6, 6.07) is 0.394. The third kappa shape index (κ3) is 1.30. The van der Waals surface area contributed by atoms with Crippen LogP contribution in [-0.4, -0.2) is 6.04 Å². The molecule has 0 heterocycles. The highest BCUT2D eigenvalue weighted by molar-refractivity contribution is 5.85. The van der Waals surface area contributed by atoms with Crippen molar-refractivity contribution in [1.82, 2.24) is 0 Å². The minimum Gasteiger partial charge on any atom is -0.327 e. The number of nitrogens with two attached hydrogens (primary N) is 1. The Balaban J connectivity index is 0.000000810. The molecule has 0 radical (unpaired) electrons. The zero-order valence-electron chi connectivity index (χ0n) is 7.27. The molecule has 1 aliphatic rings. The maximum atomic E-state index is 5.93. The lowest BCUT2D eigenvalue weighted by Gasteiger charge is -2.55. The Morgan fingerprint density at radius 2 is 1.40 bits per heavy atom. The SMILES string of the molecule is CC1(C)CC(C)(C)C1N.Cl. The molecule has 0 atom stereocenters. The molecule has 1 aliphatic carbocycles. The third-order valence-corrected chi connectivity index (χ3v) is 2.60. The third-order valence-electron chi connectivity index (χ3n) is 2.60. The van der Waals surface area contributed by atoms with E-state index in [0.29, 0.717) is 16.9 Å². The Bertz CT molecular complexity index is 115. The van der Waals surface area contributed by atoms with Crippen LogP contribution in [0.4, 0.5) is 0 Å². The molecule has 0 saturated heterocycles. The number of hydrogen-bond acceptors (Lipinski definition) is 1. The van der Waals surface area contributed by atoms with Gasteiger partial charge < -0.3 is 5.73 Å². The van der Waals surface area contributed by atoms with Gasteiger partial charge in [0, 0.05) is 6.04 Å². The molecule has 10 heavy (non-hydrogen) atoms. The highest BCUT2D eigenvalue weighted by Crippen LogP contribution is 2.52. The summed E-state index contributed by atoms with van der Waals surface area (Å²) >= 11 is 0. The predicted molar refractivity (Wildman–Crippen MR) is 47.4 cm³/mol. The standard InChI is InChI=1S/C8H17N.ClH/c1-7(2)5-8(3,4)6(7)9;/h6H,5,9H2,1-4H3;1H. The average molecular weight is 164 g/mol. The van der Waals surface area contributed by atoms with Crippen LogP contribution in [0.1, 0.15) is 34.1 Å². The highest BCUT2D eigenvalue weighted by atomic mass is 35.5. The molecular weight excluding hydrogens is 146 g/mol. The topological polar surface area (TPSA) is 26.0 Å². The maximum absolute atomic E-state index is 5.93. The van der Waals surface area contributed by atoms with Crippen LogP contribution < -0.4 is 5.73 Å². The van der Waals surface area contributed by atoms with E-state index in [-0.39, 0.29) is 12.4 Å². The van der Waals surface area contributed by atoms with Gasteiger partial charge in [-0.25, -0.2) is 0 Å². The second-order valence-electron chi connectivity index (χ2n) is 4.63. The molecule has 0 aromatic heterocycles. The molecular formula is C8H18ClN. The van der Waals surface area contributed by atoms with Crippen molar-refractivity contribution in [2.24, 2.45) is 16.6 Å². The maximum Gasteiger partial charge on any atom is 0.0142 e. The molecule has 0 spiro atoms. The van der Waals surface area contributed by atoms with Crippen molar-refractivity contribution in [2.45, 2.75) is 40.2 Å². The van der Waals surface area contributed by atoms with E-state index >= 15 is 0 Å². The van der Waals surface area contributed by atoms with Gasteiger partial charge in [0.05, 0.1) is 0 Å². The van der Waals surface area contributed by atoms with Crippen molar-refractivity contribution in [2.75, 3.05) is 0 Å². The van der Waals surface area contributed by atoms with Gasteiger partial charge in [-0.2, -0.15) is 0 Å². The summed E-state index contributed by atoms with van der Waals surface area (Å²) in [7, 11) is 0. The van der Waals surface area contributed by atoms with Gasteiger partial charge in [0.2, 0.25) is 0 Å². The first-order valence-electron chi connectivity index (χ1n) is 3.62. The molecule has 62 valence electrons. The van der Waals surface area contributed by atoms with Crippen molar-refractivity contribution >= 4 is 12.4 Å². The fraction of sp³-hybridized carbons (Fsp3) is 1.00. The van der Waals surface area contributed by atoms with E-state index in [1.165, 1.54) is 6.42 Å². The van der Waals surface area contributed by atoms with E-state index < -0.39 is 0 Å². The van der Waals surface area contributed by atoms with E-state index in [1.54, 1.807) is 0 Å². The van der Waals surface area contributed by atoms with Crippen molar-refractivity contribution in [3.05, 3.63) is 0 Å². The van der Waals surface area contributed by atoms with Gasteiger partial charge >= 0.3 is 0 Å². The van der Waals surface area contributed by atoms with E-state index in [4.69, 9.17) is 5.73 Å². The van der Waals surface area contributed by atoms with Gasteiger partial charge in [0.15, 0.2) is 0 Å². The van der Waals surface area contributed by atoms with E-state index in [0.717, 1.165) is 0 Å². The van der Waals surface area contributed by atoms with E-state index in [2.05, 4.69) is 27.7 Å². The molecule has 1 rings (SSSR count). The first kappa shape index (κ1) is 10.2. The lowest BCUT2D eigenvalue weighted by molar-refractivity contribution is -0.0169. The molecule has 0 aromatic rings. The van der Waals surface area contributed by atoms with E-state index in [9.17, 15) is 0 Å². The lowest BCUT2D eigenvalue weighted by atomic mass is 9.52. The normalized spacial score (nSPS) is 28.5. The fourth-order valence-corrected chi connectivity index (χ4v) is 2.32. The first-order valence-corrected chi connectivity index (χ1v) is 3.62.